The van der Waals surface area contributed by atoms with E-state index in [0.717, 1.165) is 15.3 Å². The number of rotatable bonds is 5. The second-order valence-corrected chi connectivity index (χ2v) is 8.51. The van der Waals surface area contributed by atoms with Gasteiger partial charge in [0.05, 0.1) is 29.4 Å². The standard InChI is InChI=1S/C23H20N2O5S/c1-12-10-16(14(3)31-12)18-11-17(19-13(2)25-30-21(19)24-18)22(26)29-20(23(27)28-4)15-8-6-5-7-9-15/h5-11,20H,1-4H3. The van der Waals surface area contributed by atoms with Gasteiger partial charge in [-0.15, -0.1) is 11.3 Å². The van der Waals surface area contributed by atoms with Crippen molar-refractivity contribution >= 4 is 34.4 Å². The van der Waals surface area contributed by atoms with Gasteiger partial charge in [-0.1, -0.05) is 35.5 Å². The molecule has 0 saturated heterocycles. The smallest absolute Gasteiger partial charge is 0.351 e. The van der Waals surface area contributed by atoms with Crippen LogP contribution in [0.25, 0.3) is 22.4 Å². The van der Waals surface area contributed by atoms with Crippen molar-refractivity contribution in [1.82, 2.24) is 10.1 Å². The summed E-state index contributed by atoms with van der Waals surface area (Å²) in [4.78, 5) is 32.4. The molecule has 0 aliphatic carbocycles. The van der Waals surface area contributed by atoms with E-state index < -0.39 is 18.0 Å². The van der Waals surface area contributed by atoms with Crippen LogP contribution in [0.3, 0.4) is 0 Å². The number of benzene rings is 1. The average molecular weight is 436 g/mol. The van der Waals surface area contributed by atoms with Gasteiger partial charge in [0, 0.05) is 20.9 Å². The molecule has 1 atom stereocenters. The van der Waals surface area contributed by atoms with Gasteiger partial charge in [0.15, 0.2) is 0 Å². The SMILES string of the molecule is COC(=O)C(OC(=O)c1cc(-c2cc(C)sc2C)nc2onc(C)c12)c1ccccc1. The second-order valence-electron chi connectivity index (χ2n) is 7.05. The van der Waals surface area contributed by atoms with E-state index >= 15 is 0 Å². The molecule has 4 aromatic rings. The number of methoxy groups -OCH3 is 1. The minimum Gasteiger partial charge on any atom is -0.466 e. The Bertz CT molecular complexity index is 1280. The first kappa shape index (κ1) is 20.7. The summed E-state index contributed by atoms with van der Waals surface area (Å²) in [6.45, 7) is 5.72. The molecule has 0 spiro atoms. The van der Waals surface area contributed by atoms with Crippen LogP contribution >= 0.6 is 11.3 Å². The van der Waals surface area contributed by atoms with E-state index in [4.69, 9.17) is 14.0 Å². The van der Waals surface area contributed by atoms with E-state index in [9.17, 15) is 9.59 Å². The van der Waals surface area contributed by atoms with Crippen LogP contribution in [-0.2, 0) is 14.3 Å². The largest absolute Gasteiger partial charge is 0.466 e. The molecule has 31 heavy (non-hydrogen) atoms. The van der Waals surface area contributed by atoms with Crippen molar-refractivity contribution < 1.29 is 23.6 Å². The maximum atomic E-state index is 13.3. The first-order chi connectivity index (χ1) is 14.9. The van der Waals surface area contributed by atoms with Crippen molar-refractivity contribution in [2.75, 3.05) is 7.11 Å². The summed E-state index contributed by atoms with van der Waals surface area (Å²) >= 11 is 1.64. The Kier molecular flexibility index (Phi) is 5.56. The number of aryl methyl sites for hydroxylation is 3. The minimum absolute atomic E-state index is 0.229. The fourth-order valence-corrected chi connectivity index (χ4v) is 4.37. The van der Waals surface area contributed by atoms with Gasteiger partial charge in [-0.3, -0.25) is 0 Å². The number of hydrogen-bond donors (Lipinski definition) is 0. The lowest BCUT2D eigenvalue weighted by Crippen LogP contribution is -2.21. The van der Waals surface area contributed by atoms with Gasteiger partial charge in [-0.2, -0.15) is 0 Å². The van der Waals surface area contributed by atoms with Gasteiger partial charge in [0.1, 0.15) is 0 Å². The molecule has 0 fully saturated rings. The summed E-state index contributed by atoms with van der Waals surface area (Å²) < 4.78 is 15.8. The number of hydrogen-bond acceptors (Lipinski definition) is 8. The second kappa shape index (κ2) is 8.31. The molecule has 1 aromatic carbocycles. The maximum Gasteiger partial charge on any atom is 0.351 e. The predicted molar refractivity (Wildman–Crippen MR) is 116 cm³/mol. The summed E-state index contributed by atoms with van der Waals surface area (Å²) in [6.07, 6.45) is -1.20. The molecular weight excluding hydrogens is 416 g/mol. The molecule has 158 valence electrons. The molecule has 3 heterocycles. The number of fused-ring (bicyclic) bond motifs is 1. The van der Waals surface area contributed by atoms with Gasteiger partial charge in [-0.25, -0.2) is 14.6 Å². The van der Waals surface area contributed by atoms with Crippen molar-refractivity contribution in [3.8, 4) is 11.3 Å². The zero-order chi connectivity index (χ0) is 22.1. The van der Waals surface area contributed by atoms with Crippen LogP contribution in [0, 0.1) is 20.8 Å². The number of thiophene rings is 1. The molecule has 3 aromatic heterocycles. The van der Waals surface area contributed by atoms with Crippen molar-refractivity contribution in [3.05, 3.63) is 69.0 Å². The van der Waals surface area contributed by atoms with Crippen molar-refractivity contribution in [1.29, 1.82) is 0 Å². The maximum absolute atomic E-state index is 13.3. The van der Waals surface area contributed by atoms with E-state index in [0.29, 0.717) is 22.3 Å². The monoisotopic (exact) mass is 436 g/mol. The third-order valence-corrected chi connectivity index (χ3v) is 5.86. The van der Waals surface area contributed by atoms with Crippen LogP contribution in [0.15, 0.2) is 47.0 Å². The molecule has 1 unspecified atom stereocenters. The van der Waals surface area contributed by atoms with Crippen LogP contribution in [0.5, 0.6) is 0 Å². The van der Waals surface area contributed by atoms with Crippen LogP contribution in [0.4, 0.5) is 0 Å². The predicted octanol–water partition coefficient (Wildman–Crippen LogP) is 4.95. The number of ether oxygens (including phenoxy) is 2. The first-order valence-electron chi connectivity index (χ1n) is 9.57. The molecular formula is C23H20N2O5S. The molecule has 0 amide bonds. The quantitative estimate of drug-likeness (QED) is 0.409. The fraction of sp³-hybridized carbons (Fsp3) is 0.217. The fourth-order valence-electron chi connectivity index (χ4n) is 3.44. The lowest BCUT2D eigenvalue weighted by molar-refractivity contribution is -0.151. The van der Waals surface area contributed by atoms with Gasteiger partial charge in [0.2, 0.25) is 6.10 Å². The highest BCUT2D eigenvalue weighted by Crippen LogP contribution is 2.33. The number of pyridine rings is 1. The van der Waals surface area contributed by atoms with E-state index in [1.165, 1.54) is 7.11 Å². The van der Waals surface area contributed by atoms with E-state index in [1.807, 2.05) is 26.0 Å². The van der Waals surface area contributed by atoms with Crippen molar-refractivity contribution in [3.63, 3.8) is 0 Å². The van der Waals surface area contributed by atoms with Gasteiger partial charge in [0.25, 0.3) is 5.71 Å². The summed E-state index contributed by atoms with van der Waals surface area (Å²) in [6, 6.07) is 12.4. The van der Waals surface area contributed by atoms with Gasteiger partial charge >= 0.3 is 11.9 Å². The summed E-state index contributed by atoms with van der Waals surface area (Å²) in [5.74, 6) is -1.36. The highest BCUT2D eigenvalue weighted by atomic mass is 32.1. The first-order valence-corrected chi connectivity index (χ1v) is 10.4. The van der Waals surface area contributed by atoms with Crippen molar-refractivity contribution in [2.24, 2.45) is 0 Å². The minimum atomic E-state index is -1.20. The van der Waals surface area contributed by atoms with E-state index in [2.05, 4.69) is 10.1 Å². The number of esters is 2. The summed E-state index contributed by atoms with van der Waals surface area (Å²) in [5.41, 5.74) is 2.96. The van der Waals surface area contributed by atoms with E-state index in [-0.39, 0.29) is 11.3 Å². The summed E-state index contributed by atoms with van der Waals surface area (Å²) in [7, 11) is 1.25. The Morgan fingerprint density at radius 3 is 2.48 bits per heavy atom. The molecule has 7 nitrogen and oxygen atoms in total. The molecule has 0 N–H and O–H groups in total. The average Bonchev–Trinajstić information content (AvgIpc) is 3.32. The van der Waals surface area contributed by atoms with Gasteiger partial charge < -0.3 is 14.0 Å². The highest BCUT2D eigenvalue weighted by Gasteiger charge is 2.29. The third kappa shape index (κ3) is 3.94. The summed E-state index contributed by atoms with van der Waals surface area (Å²) in [5, 5.41) is 4.41. The molecule has 8 heteroatoms. The highest BCUT2D eigenvalue weighted by molar-refractivity contribution is 7.12. The van der Waals surface area contributed by atoms with Crippen LogP contribution in [-0.4, -0.2) is 29.2 Å². The zero-order valence-electron chi connectivity index (χ0n) is 17.5. The lowest BCUT2D eigenvalue weighted by atomic mass is 10.1. The van der Waals surface area contributed by atoms with Crippen molar-refractivity contribution in [2.45, 2.75) is 26.9 Å². The lowest BCUT2D eigenvalue weighted by Gasteiger charge is -2.16. The Labute approximate surface area is 182 Å². The van der Waals surface area contributed by atoms with Crippen LogP contribution in [0.2, 0.25) is 0 Å². The number of aromatic nitrogens is 2. The molecule has 0 bridgehead atoms. The molecule has 0 aliphatic heterocycles. The Balaban J connectivity index is 1.80. The molecule has 0 aliphatic rings. The number of carbonyl (C=O) groups is 2. The van der Waals surface area contributed by atoms with Crippen LogP contribution < -0.4 is 0 Å². The Morgan fingerprint density at radius 2 is 1.84 bits per heavy atom. The topological polar surface area (TPSA) is 91.5 Å². The zero-order valence-corrected chi connectivity index (χ0v) is 18.3. The third-order valence-electron chi connectivity index (χ3n) is 4.90. The normalized spacial score (nSPS) is 12.0. The van der Waals surface area contributed by atoms with E-state index in [1.54, 1.807) is 48.6 Å². The number of nitrogens with zero attached hydrogens (tertiary/aromatic N) is 2. The molecule has 4 rings (SSSR count). The Morgan fingerprint density at radius 1 is 1.10 bits per heavy atom. The Hall–Kier alpha value is -3.52. The van der Waals surface area contributed by atoms with Gasteiger partial charge in [-0.05, 0) is 32.9 Å². The molecule has 0 radical (unpaired) electrons. The number of carbonyl (C=O) groups excluding carboxylic acids is 2. The van der Waals surface area contributed by atoms with Crippen LogP contribution in [0.1, 0.15) is 37.5 Å². The molecule has 0 saturated carbocycles.